The standard InChI is InChI=1S/C25H35NO4/c1-26(22-8-3-2-4-9-22)25(28)23-14-21(20-6-5-7-20)15-24(30-23)29-17-19-12-10-18(16-27)11-13-19/h10-14,20-22,24,27H,2-9,15-17H2,1H3/t21-,24+/m0/s1. The molecule has 0 unspecified atom stereocenters. The molecule has 0 spiro atoms. The zero-order valence-electron chi connectivity index (χ0n) is 18.1. The second kappa shape index (κ2) is 9.97. The first-order valence-electron chi connectivity index (χ1n) is 11.6. The van der Waals surface area contributed by atoms with E-state index in [-0.39, 0.29) is 12.5 Å². The topological polar surface area (TPSA) is 59.0 Å². The number of rotatable bonds is 7. The van der Waals surface area contributed by atoms with Crippen LogP contribution in [0.3, 0.4) is 0 Å². The molecule has 1 aromatic carbocycles. The highest BCUT2D eigenvalue weighted by molar-refractivity contribution is 5.91. The van der Waals surface area contributed by atoms with Crippen molar-refractivity contribution in [2.45, 2.75) is 83.3 Å². The van der Waals surface area contributed by atoms with Gasteiger partial charge in [-0.15, -0.1) is 0 Å². The second-order valence-electron chi connectivity index (χ2n) is 9.16. The SMILES string of the molecule is CN(C(=O)C1=C[C@H](C2CCC2)C[C@H](OCc2ccc(CO)cc2)O1)C1CCCCC1. The molecule has 1 amide bonds. The minimum atomic E-state index is -0.392. The van der Waals surface area contributed by atoms with Gasteiger partial charge in [-0.25, -0.2) is 0 Å². The van der Waals surface area contributed by atoms with E-state index in [4.69, 9.17) is 9.47 Å². The van der Waals surface area contributed by atoms with Gasteiger partial charge >= 0.3 is 0 Å². The van der Waals surface area contributed by atoms with Crippen LogP contribution in [0.4, 0.5) is 0 Å². The van der Waals surface area contributed by atoms with Crippen LogP contribution in [-0.2, 0) is 27.5 Å². The minimum Gasteiger partial charge on any atom is -0.459 e. The van der Waals surface area contributed by atoms with Crippen LogP contribution in [0.1, 0.15) is 68.9 Å². The predicted octanol–water partition coefficient (Wildman–Crippen LogP) is 4.53. The number of carbonyl (C=O) groups excluding carboxylic acids is 1. The number of amides is 1. The first-order valence-corrected chi connectivity index (χ1v) is 11.6. The van der Waals surface area contributed by atoms with Gasteiger partial charge in [0.15, 0.2) is 5.76 Å². The molecule has 1 N–H and O–H groups in total. The first kappa shape index (κ1) is 21.4. The monoisotopic (exact) mass is 413 g/mol. The molecule has 2 aliphatic carbocycles. The van der Waals surface area contributed by atoms with E-state index >= 15 is 0 Å². The highest BCUT2D eigenvalue weighted by atomic mass is 16.7. The van der Waals surface area contributed by atoms with Crippen molar-refractivity contribution in [1.29, 1.82) is 0 Å². The number of allylic oxidation sites excluding steroid dienone is 1. The Morgan fingerprint density at radius 3 is 2.40 bits per heavy atom. The maximum absolute atomic E-state index is 13.2. The van der Waals surface area contributed by atoms with Crippen molar-refractivity contribution in [3.63, 3.8) is 0 Å². The normalized spacial score (nSPS) is 25.2. The quantitative estimate of drug-likeness (QED) is 0.713. The molecule has 4 rings (SSSR count). The van der Waals surface area contributed by atoms with Gasteiger partial charge in [0.2, 0.25) is 6.29 Å². The minimum absolute atomic E-state index is 0.00632. The summed E-state index contributed by atoms with van der Waals surface area (Å²) < 4.78 is 12.2. The van der Waals surface area contributed by atoms with E-state index in [1.54, 1.807) is 0 Å². The molecule has 0 aromatic heterocycles. The van der Waals surface area contributed by atoms with Crippen LogP contribution in [0.15, 0.2) is 36.1 Å². The third-order valence-corrected chi connectivity index (χ3v) is 7.14. The van der Waals surface area contributed by atoms with Crippen molar-refractivity contribution in [2.24, 2.45) is 11.8 Å². The fourth-order valence-electron chi connectivity index (χ4n) is 4.87. The Balaban J connectivity index is 1.41. The molecule has 1 aliphatic heterocycles. The highest BCUT2D eigenvalue weighted by Crippen LogP contribution is 2.40. The van der Waals surface area contributed by atoms with Gasteiger partial charge in [-0.2, -0.15) is 0 Å². The van der Waals surface area contributed by atoms with Crippen molar-refractivity contribution in [3.8, 4) is 0 Å². The average molecular weight is 414 g/mol. The molecule has 2 fully saturated rings. The molecule has 2 atom stereocenters. The van der Waals surface area contributed by atoms with Gasteiger partial charge in [-0.1, -0.05) is 49.9 Å². The molecule has 164 valence electrons. The molecule has 3 aliphatic rings. The number of carbonyl (C=O) groups is 1. The number of hydrogen-bond donors (Lipinski definition) is 1. The zero-order chi connectivity index (χ0) is 20.9. The number of likely N-dealkylation sites (N-methyl/N-ethyl adjacent to an activating group) is 1. The average Bonchev–Trinajstić information content (AvgIpc) is 2.76. The Kier molecular flexibility index (Phi) is 7.11. The van der Waals surface area contributed by atoms with Crippen molar-refractivity contribution >= 4 is 5.91 Å². The highest BCUT2D eigenvalue weighted by Gasteiger charge is 2.36. The number of benzene rings is 1. The van der Waals surface area contributed by atoms with Gasteiger partial charge in [0, 0.05) is 19.5 Å². The summed E-state index contributed by atoms with van der Waals surface area (Å²) in [5, 5.41) is 9.20. The molecule has 1 aromatic rings. The summed E-state index contributed by atoms with van der Waals surface area (Å²) in [6.45, 7) is 0.481. The molecule has 30 heavy (non-hydrogen) atoms. The third kappa shape index (κ3) is 5.06. The van der Waals surface area contributed by atoms with Crippen molar-refractivity contribution in [2.75, 3.05) is 7.05 Å². The number of nitrogens with zero attached hydrogens (tertiary/aromatic N) is 1. The van der Waals surface area contributed by atoms with Crippen LogP contribution in [0.2, 0.25) is 0 Å². The van der Waals surface area contributed by atoms with Gasteiger partial charge in [-0.05, 0) is 54.7 Å². The lowest BCUT2D eigenvalue weighted by molar-refractivity contribution is -0.162. The Morgan fingerprint density at radius 2 is 1.77 bits per heavy atom. The van der Waals surface area contributed by atoms with Gasteiger partial charge in [0.05, 0.1) is 13.2 Å². The van der Waals surface area contributed by atoms with Crippen LogP contribution >= 0.6 is 0 Å². The molecular formula is C25H35NO4. The zero-order valence-corrected chi connectivity index (χ0v) is 18.1. The summed E-state index contributed by atoms with van der Waals surface area (Å²) in [6.07, 6.45) is 12.1. The summed E-state index contributed by atoms with van der Waals surface area (Å²) in [5.74, 6) is 1.48. The van der Waals surface area contributed by atoms with E-state index < -0.39 is 6.29 Å². The van der Waals surface area contributed by atoms with Crippen LogP contribution < -0.4 is 0 Å². The van der Waals surface area contributed by atoms with E-state index in [0.717, 1.165) is 30.4 Å². The van der Waals surface area contributed by atoms with E-state index in [0.29, 0.717) is 30.2 Å². The van der Waals surface area contributed by atoms with Crippen molar-refractivity contribution < 1.29 is 19.4 Å². The molecule has 5 nitrogen and oxygen atoms in total. The van der Waals surface area contributed by atoms with E-state index in [9.17, 15) is 9.90 Å². The van der Waals surface area contributed by atoms with Gasteiger partial charge in [-0.3, -0.25) is 4.79 Å². The van der Waals surface area contributed by atoms with Crippen LogP contribution in [0.25, 0.3) is 0 Å². The molecular weight excluding hydrogens is 378 g/mol. The van der Waals surface area contributed by atoms with Crippen molar-refractivity contribution in [1.82, 2.24) is 4.90 Å². The Labute approximate surface area is 180 Å². The molecule has 0 radical (unpaired) electrons. The van der Waals surface area contributed by atoms with Crippen LogP contribution in [0.5, 0.6) is 0 Å². The lowest BCUT2D eigenvalue weighted by Crippen LogP contribution is -2.42. The lowest BCUT2D eigenvalue weighted by atomic mass is 9.73. The maximum atomic E-state index is 13.2. The summed E-state index contributed by atoms with van der Waals surface area (Å²) >= 11 is 0. The molecule has 2 saturated carbocycles. The van der Waals surface area contributed by atoms with E-state index in [2.05, 4.69) is 6.08 Å². The fraction of sp³-hybridized carbons (Fsp3) is 0.640. The van der Waals surface area contributed by atoms with Crippen LogP contribution in [0, 0.1) is 11.8 Å². The first-order chi connectivity index (χ1) is 14.6. The van der Waals surface area contributed by atoms with Gasteiger partial charge in [0.1, 0.15) is 0 Å². The maximum Gasteiger partial charge on any atom is 0.288 e. The predicted molar refractivity (Wildman–Crippen MR) is 115 cm³/mol. The number of aliphatic hydroxyl groups is 1. The summed E-state index contributed by atoms with van der Waals surface area (Å²) in [4.78, 5) is 15.1. The Hall–Kier alpha value is -1.85. The largest absolute Gasteiger partial charge is 0.459 e. The summed E-state index contributed by atoms with van der Waals surface area (Å²) in [7, 11) is 1.92. The van der Waals surface area contributed by atoms with Crippen LogP contribution in [-0.4, -0.2) is 35.3 Å². The molecule has 5 heteroatoms. The molecule has 0 saturated heterocycles. The van der Waals surface area contributed by atoms with E-state index in [1.165, 1.54) is 38.5 Å². The third-order valence-electron chi connectivity index (χ3n) is 7.14. The smallest absolute Gasteiger partial charge is 0.288 e. The summed E-state index contributed by atoms with van der Waals surface area (Å²) in [5.41, 5.74) is 1.93. The lowest BCUT2D eigenvalue weighted by Gasteiger charge is -2.39. The van der Waals surface area contributed by atoms with Crippen molar-refractivity contribution in [3.05, 3.63) is 47.2 Å². The molecule has 1 heterocycles. The molecule has 0 bridgehead atoms. The number of hydrogen-bond acceptors (Lipinski definition) is 4. The number of ether oxygens (including phenoxy) is 2. The summed E-state index contributed by atoms with van der Waals surface area (Å²) in [6, 6.07) is 8.08. The van der Waals surface area contributed by atoms with Gasteiger partial charge in [0.25, 0.3) is 5.91 Å². The second-order valence-corrected chi connectivity index (χ2v) is 9.16. The van der Waals surface area contributed by atoms with Gasteiger partial charge < -0.3 is 19.5 Å². The fourth-order valence-corrected chi connectivity index (χ4v) is 4.87. The van der Waals surface area contributed by atoms with E-state index in [1.807, 2.05) is 36.2 Å². The Bertz CT molecular complexity index is 734. The number of aliphatic hydroxyl groups excluding tert-OH is 1. The Morgan fingerprint density at radius 1 is 1.07 bits per heavy atom.